The largest absolute Gasteiger partial charge is 0.497 e. The predicted molar refractivity (Wildman–Crippen MR) is 119 cm³/mol. The third-order valence-corrected chi connectivity index (χ3v) is 4.83. The molecule has 0 aliphatic heterocycles. The number of amides is 2. The minimum atomic E-state index is -0.639. The lowest BCUT2D eigenvalue weighted by molar-refractivity contribution is 0.0946. The van der Waals surface area contributed by atoms with E-state index in [1.165, 1.54) is 6.20 Å². The molecular formula is C23H21N5O4. The van der Waals surface area contributed by atoms with Gasteiger partial charge < -0.3 is 25.6 Å². The van der Waals surface area contributed by atoms with Gasteiger partial charge in [0.1, 0.15) is 5.75 Å². The molecule has 0 spiro atoms. The van der Waals surface area contributed by atoms with Crippen LogP contribution < -0.4 is 21.1 Å². The van der Waals surface area contributed by atoms with E-state index in [0.717, 1.165) is 5.69 Å². The Morgan fingerprint density at radius 2 is 2.00 bits per heavy atom. The number of primary amides is 1. The molecule has 0 saturated carbocycles. The fourth-order valence-corrected chi connectivity index (χ4v) is 3.27. The van der Waals surface area contributed by atoms with E-state index >= 15 is 0 Å². The lowest BCUT2D eigenvalue weighted by Gasteiger charge is -2.14. The summed E-state index contributed by atoms with van der Waals surface area (Å²) in [4.78, 5) is 29.1. The van der Waals surface area contributed by atoms with Crippen molar-refractivity contribution < 1.29 is 18.8 Å². The number of methoxy groups -OCH3 is 1. The fraction of sp³-hybridized carbons (Fsp3) is 0.130. The van der Waals surface area contributed by atoms with E-state index in [1.54, 1.807) is 44.4 Å². The summed E-state index contributed by atoms with van der Waals surface area (Å²) in [5.74, 6) is 0.254. The number of hydrogen-bond donors (Lipinski definition) is 3. The van der Waals surface area contributed by atoms with Gasteiger partial charge >= 0.3 is 0 Å². The molecule has 2 aromatic heterocycles. The number of nitrogens with zero attached hydrogens (tertiary/aromatic N) is 2. The number of nitrogens with one attached hydrogen (secondary N) is 2. The monoisotopic (exact) mass is 431 g/mol. The number of aromatic nitrogens is 2. The van der Waals surface area contributed by atoms with Crippen LogP contribution in [0.1, 0.15) is 32.2 Å². The SMILES string of the molecule is COc1cccc(Nc2c(C(N)=O)cnc3ccc(C(=O)NCc4cc(C)no4)cc23)c1. The highest BCUT2D eigenvalue weighted by molar-refractivity contribution is 6.09. The lowest BCUT2D eigenvalue weighted by Crippen LogP contribution is -2.22. The van der Waals surface area contributed by atoms with Crippen molar-refractivity contribution in [1.29, 1.82) is 0 Å². The Balaban J connectivity index is 1.70. The standard InChI is InChI=1S/C23H21N5O4/c1-13-8-17(32-28-13)11-26-23(30)14-6-7-20-18(9-14)21(19(12-25-20)22(24)29)27-15-4-3-5-16(10-15)31-2/h3-10,12H,11H2,1-2H3,(H2,24,29)(H,25,27)(H,26,30). The van der Waals surface area contributed by atoms with Crippen LogP contribution in [0.2, 0.25) is 0 Å². The molecule has 0 bridgehead atoms. The van der Waals surface area contributed by atoms with E-state index in [2.05, 4.69) is 20.8 Å². The number of nitrogens with two attached hydrogens (primary N) is 1. The molecule has 0 saturated heterocycles. The van der Waals surface area contributed by atoms with Crippen molar-refractivity contribution in [3.8, 4) is 5.75 Å². The van der Waals surface area contributed by atoms with Gasteiger partial charge in [-0.15, -0.1) is 0 Å². The van der Waals surface area contributed by atoms with Gasteiger partial charge in [-0.1, -0.05) is 11.2 Å². The Hall–Kier alpha value is -4.40. The number of benzene rings is 2. The van der Waals surface area contributed by atoms with Gasteiger partial charge in [-0.25, -0.2) is 0 Å². The first-order chi connectivity index (χ1) is 15.4. The van der Waals surface area contributed by atoms with Crippen molar-refractivity contribution in [1.82, 2.24) is 15.5 Å². The van der Waals surface area contributed by atoms with Gasteiger partial charge in [-0.2, -0.15) is 0 Å². The van der Waals surface area contributed by atoms with Crippen LogP contribution in [0.5, 0.6) is 5.75 Å². The first-order valence-corrected chi connectivity index (χ1v) is 9.78. The van der Waals surface area contributed by atoms with Crippen molar-refractivity contribution in [2.75, 3.05) is 12.4 Å². The van der Waals surface area contributed by atoms with Gasteiger partial charge in [0.05, 0.1) is 36.1 Å². The van der Waals surface area contributed by atoms with Crippen LogP contribution in [0.25, 0.3) is 10.9 Å². The molecule has 2 amide bonds. The number of pyridine rings is 1. The second-order valence-electron chi connectivity index (χ2n) is 7.12. The van der Waals surface area contributed by atoms with Gasteiger partial charge in [0.25, 0.3) is 11.8 Å². The van der Waals surface area contributed by atoms with Crippen molar-refractivity contribution in [2.24, 2.45) is 5.73 Å². The molecule has 9 heteroatoms. The number of carbonyl (C=O) groups excluding carboxylic acids is 2. The molecule has 2 heterocycles. The van der Waals surface area contributed by atoms with E-state index in [1.807, 2.05) is 18.2 Å². The molecule has 2 aromatic carbocycles. The summed E-state index contributed by atoms with van der Waals surface area (Å²) in [5.41, 5.74) is 8.66. The third kappa shape index (κ3) is 4.36. The number of hydrogen-bond acceptors (Lipinski definition) is 7. The smallest absolute Gasteiger partial charge is 0.252 e. The zero-order valence-electron chi connectivity index (χ0n) is 17.5. The summed E-state index contributed by atoms with van der Waals surface area (Å²) in [6.07, 6.45) is 1.42. The Bertz CT molecular complexity index is 1310. The van der Waals surface area contributed by atoms with Crippen molar-refractivity contribution in [3.05, 3.63) is 77.3 Å². The highest BCUT2D eigenvalue weighted by atomic mass is 16.5. The van der Waals surface area contributed by atoms with E-state index in [0.29, 0.717) is 39.4 Å². The van der Waals surface area contributed by atoms with Crippen LogP contribution in [0.3, 0.4) is 0 Å². The second-order valence-corrected chi connectivity index (χ2v) is 7.12. The topological polar surface area (TPSA) is 132 Å². The number of anilines is 2. The molecule has 4 rings (SSSR count). The molecular weight excluding hydrogens is 410 g/mol. The Kier molecular flexibility index (Phi) is 5.71. The summed E-state index contributed by atoms with van der Waals surface area (Å²) >= 11 is 0. The normalized spacial score (nSPS) is 10.7. The van der Waals surface area contributed by atoms with Crippen LogP contribution >= 0.6 is 0 Å². The maximum atomic E-state index is 12.7. The minimum Gasteiger partial charge on any atom is -0.497 e. The molecule has 4 aromatic rings. The molecule has 0 fully saturated rings. The summed E-state index contributed by atoms with van der Waals surface area (Å²) < 4.78 is 10.4. The summed E-state index contributed by atoms with van der Waals surface area (Å²) in [5, 5.41) is 10.4. The summed E-state index contributed by atoms with van der Waals surface area (Å²) in [7, 11) is 1.57. The number of ether oxygens (including phenoxy) is 1. The number of aryl methyl sites for hydroxylation is 1. The molecule has 32 heavy (non-hydrogen) atoms. The molecule has 9 nitrogen and oxygen atoms in total. The first kappa shape index (κ1) is 20.9. The predicted octanol–water partition coefficient (Wildman–Crippen LogP) is 3.31. The van der Waals surface area contributed by atoms with E-state index in [4.69, 9.17) is 15.0 Å². The Morgan fingerprint density at radius 3 is 2.72 bits per heavy atom. The van der Waals surface area contributed by atoms with Crippen LogP contribution in [-0.2, 0) is 6.54 Å². The lowest BCUT2D eigenvalue weighted by atomic mass is 10.0. The Morgan fingerprint density at radius 1 is 1.16 bits per heavy atom. The average molecular weight is 431 g/mol. The van der Waals surface area contributed by atoms with E-state index in [-0.39, 0.29) is 18.0 Å². The van der Waals surface area contributed by atoms with E-state index < -0.39 is 5.91 Å². The third-order valence-electron chi connectivity index (χ3n) is 4.83. The molecule has 4 N–H and O–H groups in total. The van der Waals surface area contributed by atoms with Gasteiger partial charge in [-0.3, -0.25) is 14.6 Å². The zero-order valence-corrected chi connectivity index (χ0v) is 17.5. The second kappa shape index (κ2) is 8.76. The van der Waals surface area contributed by atoms with Crippen LogP contribution in [0.15, 0.2) is 59.3 Å². The minimum absolute atomic E-state index is 0.201. The van der Waals surface area contributed by atoms with E-state index in [9.17, 15) is 9.59 Å². The van der Waals surface area contributed by atoms with Gasteiger partial charge in [-0.05, 0) is 37.3 Å². The van der Waals surface area contributed by atoms with Gasteiger partial charge in [0.2, 0.25) is 0 Å². The number of rotatable bonds is 7. The number of carbonyl (C=O) groups is 2. The van der Waals surface area contributed by atoms with Crippen LogP contribution in [-0.4, -0.2) is 29.1 Å². The highest BCUT2D eigenvalue weighted by Gasteiger charge is 2.16. The maximum Gasteiger partial charge on any atom is 0.252 e. The van der Waals surface area contributed by atoms with Crippen LogP contribution in [0.4, 0.5) is 11.4 Å². The maximum absolute atomic E-state index is 12.7. The van der Waals surface area contributed by atoms with Crippen molar-refractivity contribution in [3.63, 3.8) is 0 Å². The summed E-state index contributed by atoms with van der Waals surface area (Å²) in [6, 6.07) is 14.0. The molecule has 0 unspecified atom stereocenters. The van der Waals surface area contributed by atoms with Crippen molar-refractivity contribution in [2.45, 2.75) is 13.5 Å². The van der Waals surface area contributed by atoms with Crippen molar-refractivity contribution >= 4 is 34.1 Å². The van der Waals surface area contributed by atoms with Gasteiger partial charge in [0, 0.05) is 35.0 Å². The molecule has 0 aliphatic rings. The Labute approximate surface area is 183 Å². The quantitative estimate of drug-likeness (QED) is 0.409. The van der Waals surface area contributed by atoms with Gasteiger partial charge in [0.15, 0.2) is 5.76 Å². The fourth-order valence-electron chi connectivity index (χ4n) is 3.27. The number of fused-ring (bicyclic) bond motifs is 1. The highest BCUT2D eigenvalue weighted by Crippen LogP contribution is 2.31. The molecule has 0 aliphatic carbocycles. The first-order valence-electron chi connectivity index (χ1n) is 9.78. The summed E-state index contributed by atoms with van der Waals surface area (Å²) in [6.45, 7) is 2.00. The molecule has 0 atom stereocenters. The zero-order chi connectivity index (χ0) is 22.7. The molecule has 162 valence electrons. The van der Waals surface area contributed by atoms with Crippen LogP contribution in [0, 0.1) is 6.92 Å². The molecule has 0 radical (unpaired) electrons. The average Bonchev–Trinajstić information content (AvgIpc) is 3.22.